The molecule has 2 aromatic heterocycles. The van der Waals surface area contributed by atoms with Crippen LogP contribution in [0.25, 0.3) is 10.2 Å². The lowest BCUT2D eigenvalue weighted by Crippen LogP contribution is -2.37. The van der Waals surface area contributed by atoms with Gasteiger partial charge in [0.2, 0.25) is 10.0 Å². The van der Waals surface area contributed by atoms with Crippen molar-refractivity contribution in [2.24, 2.45) is 5.92 Å². The molecule has 0 radical (unpaired) electrons. The Morgan fingerprint density at radius 2 is 1.86 bits per heavy atom. The van der Waals surface area contributed by atoms with Crippen molar-refractivity contribution in [3.63, 3.8) is 0 Å². The largest absolute Gasteiger partial charge is 0.279 e. The number of piperidine rings is 1. The van der Waals surface area contributed by atoms with Crippen molar-refractivity contribution in [1.29, 1.82) is 0 Å². The first-order valence-corrected chi connectivity index (χ1v) is 14.3. The van der Waals surface area contributed by atoms with E-state index in [1.165, 1.54) is 27.8 Å². The standard InChI is InChI=1S/C26H25ClN4O3S2/c1-18-11-14-30(15-12-18)36(33,34)21-9-7-20(8-10-21)25(32)31(17-19-4-3-13-28-16-19)26-29-24-22(27)5-2-6-23(24)35-26/h2-10,13,16,18H,11-12,14-15,17H2,1H3. The number of nitrogens with zero attached hydrogens (tertiary/aromatic N) is 4. The van der Waals surface area contributed by atoms with Gasteiger partial charge in [-0.2, -0.15) is 4.31 Å². The van der Waals surface area contributed by atoms with E-state index in [9.17, 15) is 13.2 Å². The topological polar surface area (TPSA) is 83.5 Å². The van der Waals surface area contributed by atoms with Crippen LogP contribution in [0.3, 0.4) is 0 Å². The number of halogens is 1. The summed E-state index contributed by atoms with van der Waals surface area (Å²) in [6, 6.07) is 15.4. The Morgan fingerprint density at radius 1 is 1.11 bits per heavy atom. The number of fused-ring (bicyclic) bond motifs is 1. The summed E-state index contributed by atoms with van der Waals surface area (Å²) in [6.45, 7) is 3.43. The molecule has 0 aliphatic carbocycles. The van der Waals surface area contributed by atoms with Gasteiger partial charge in [-0.05, 0) is 66.8 Å². The maximum atomic E-state index is 13.7. The highest BCUT2D eigenvalue weighted by Gasteiger charge is 2.29. The van der Waals surface area contributed by atoms with Crippen LogP contribution in [0.2, 0.25) is 5.02 Å². The van der Waals surface area contributed by atoms with Crippen LogP contribution in [0.5, 0.6) is 0 Å². The van der Waals surface area contributed by atoms with Gasteiger partial charge < -0.3 is 0 Å². The lowest BCUT2D eigenvalue weighted by atomic mass is 10.0. The lowest BCUT2D eigenvalue weighted by molar-refractivity contribution is 0.0985. The van der Waals surface area contributed by atoms with Crippen LogP contribution < -0.4 is 4.90 Å². The molecule has 7 nitrogen and oxygen atoms in total. The molecule has 0 bridgehead atoms. The number of carbonyl (C=O) groups excluding carboxylic acids is 1. The Balaban J connectivity index is 1.45. The summed E-state index contributed by atoms with van der Waals surface area (Å²) < 4.78 is 28.6. The predicted octanol–water partition coefficient (Wildman–Crippen LogP) is 5.61. The molecule has 0 spiro atoms. The van der Waals surface area contributed by atoms with Crippen molar-refractivity contribution in [1.82, 2.24) is 14.3 Å². The molecule has 10 heteroatoms. The molecule has 1 fully saturated rings. The van der Waals surface area contributed by atoms with E-state index in [1.807, 2.05) is 24.3 Å². The summed E-state index contributed by atoms with van der Waals surface area (Å²) in [6.07, 6.45) is 5.08. The molecule has 0 saturated carbocycles. The van der Waals surface area contributed by atoms with Gasteiger partial charge in [0.05, 0.1) is 21.2 Å². The van der Waals surface area contributed by atoms with Crippen LogP contribution in [0.15, 0.2) is 71.9 Å². The number of thiazole rings is 1. The van der Waals surface area contributed by atoms with Crippen LogP contribution in [0.1, 0.15) is 35.7 Å². The van der Waals surface area contributed by atoms with E-state index in [-0.39, 0.29) is 17.3 Å². The first kappa shape index (κ1) is 24.8. The molecule has 1 aliphatic heterocycles. The minimum Gasteiger partial charge on any atom is -0.279 e. The smallest absolute Gasteiger partial charge is 0.260 e. The first-order valence-electron chi connectivity index (χ1n) is 11.7. The van der Waals surface area contributed by atoms with Crippen molar-refractivity contribution in [2.45, 2.75) is 31.2 Å². The van der Waals surface area contributed by atoms with E-state index in [1.54, 1.807) is 35.5 Å². The van der Waals surface area contributed by atoms with Gasteiger partial charge in [-0.25, -0.2) is 13.4 Å². The Kier molecular flexibility index (Phi) is 7.07. The third-order valence-corrected chi connectivity index (χ3v) is 9.64. The number of carbonyl (C=O) groups is 1. The summed E-state index contributed by atoms with van der Waals surface area (Å²) >= 11 is 7.71. The summed E-state index contributed by atoms with van der Waals surface area (Å²) in [5, 5.41) is 1.02. The number of aromatic nitrogens is 2. The normalized spacial score (nSPS) is 15.3. The zero-order chi connectivity index (χ0) is 25.3. The minimum absolute atomic E-state index is 0.194. The molecule has 186 valence electrons. The fraction of sp³-hybridized carbons (Fsp3) is 0.269. The SMILES string of the molecule is CC1CCN(S(=O)(=O)c2ccc(C(=O)N(Cc3cccnc3)c3nc4c(Cl)cccc4s3)cc2)CC1. The lowest BCUT2D eigenvalue weighted by Gasteiger charge is -2.29. The molecule has 1 aliphatic rings. The number of hydrogen-bond acceptors (Lipinski definition) is 6. The molecule has 0 unspecified atom stereocenters. The number of sulfonamides is 1. The van der Waals surface area contributed by atoms with E-state index in [2.05, 4.69) is 16.9 Å². The fourth-order valence-electron chi connectivity index (χ4n) is 4.22. The number of amides is 1. The van der Waals surface area contributed by atoms with Gasteiger partial charge in [0.15, 0.2) is 5.13 Å². The van der Waals surface area contributed by atoms with E-state index in [0.29, 0.717) is 40.2 Å². The third kappa shape index (κ3) is 5.01. The number of para-hydroxylation sites is 1. The van der Waals surface area contributed by atoms with E-state index in [4.69, 9.17) is 11.6 Å². The average molecular weight is 541 g/mol. The van der Waals surface area contributed by atoms with Crippen LogP contribution >= 0.6 is 22.9 Å². The Morgan fingerprint density at radius 3 is 2.53 bits per heavy atom. The number of hydrogen-bond donors (Lipinski definition) is 0. The van der Waals surface area contributed by atoms with Gasteiger partial charge in [0.1, 0.15) is 5.52 Å². The monoisotopic (exact) mass is 540 g/mol. The van der Waals surface area contributed by atoms with Gasteiger partial charge in [-0.3, -0.25) is 14.7 Å². The van der Waals surface area contributed by atoms with Gasteiger partial charge in [-0.15, -0.1) is 0 Å². The second kappa shape index (κ2) is 10.3. The summed E-state index contributed by atoms with van der Waals surface area (Å²) in [7, 11) is -3.60. The summed E-state index contributed by atoms with van der Waals surface area (Å²) in [5.41, 5.74) is 1.85. The predicted molar refractivity (Wildman–Crippen MR) is 143 cm³/mol. The van der Waals surface area contributed by atoms with Crippen molar-refractivity contribution in [2.75, 3.05) is 18.0 Å². The van der Waals surface area contributed by atoms with Crippen molar-refractivity contribution in [3.8, 4) is 0 Å². The van der Waals surface area contributed by atoms with Crippen LogP contribution in [-0.4, -0.2) is 41.7 Å². The maximum Gasteiger partial charge on any atom is 0.260 e. The zero-order valence-corrected chi connectivity index (χ0v) is 22.1. The highest BCUT2D eigenvalue weighted by molar-refractivity contribution is 7.89. The van der Waals surface area contributed by atoms with Gasteiger partial charge >= 0.3 is 0 Å². The molecule has 3 heterocycles. The second-order valence-electron chi connectivity index (χ2n) is 8.95. The third-order valence-electron chi connectivity index (χ3n) is 6.38. The van der Waals surface area contributed by atoms with Crippen molar-refractivity contribution >= 4 is 54.2 Å². The Hall–Kier alpha value is -2.85. The number of benzene rings is 2. The van der Waals surface area contributed by atoms with Gasteiger partial charge in [-0.1, -0.05) is 42.0 Å². The molecule has 36 heavy (non-hydrogen) atoms. The molecular weight excluding hydrogens is 516 g/mol. The van der Waals surface area contributed by atoms with E-state index >= 15 is 0 Å². The minimum atomic E-state index is -3.60. The molecule has 2 aromatic carbocycles. The quantitative estimate of drug-likeness (QED) is 0.317. The summed E-state index contributed by atoms with van der Waals surface area (Å²) in [5.74, 6) is 0.240. The fourth-order valence-corrected chi connectivity index (χ4v) is 6.95. The van der Waals surface area contributed by atoms with Gasteiger partial charge in [0, 0.05) is 31.0 Å². The van der Waals surface area contributed by atoms with Crippen LogP contribution in [-0.2, 0) is 16.6 Å². The summed E-state index contributed by atoms with van der Waals surface area (Å²) in [4.78, 5) is 24.3. The Labute approximate surface area is 219 Å². The zero-order valence-electron chi connectivity index (χ0n) is 19.7. The molecule has 4 aromatic rings. The van der Waals surface area contributed by atoms with Crippen molar-refractivity contribution in [3.05, 3.63) is 83.1 Å². The van der Waals surface area contributed by atoms with Crippen LogP contribution in [0.4, 0.5) is 5.13 Å². The molecule has 1 amide bonds. The highest BCUT2D eigenvalue weighted by Crippen LogP contribution is 2.34. The number of rotatable bonds is 6. The Bertz CT molecular complexity index is 1480. The number of pyridine rings is 1. The second-order valence-corrected chi connectivity index (χ2v) is 12.3. The molecule has 0 atom stereocenters. The molecule has 1 saturated heterocycles. The molecule has 5 rings (SSSR count). The molecule has 0 N–H and O–H groups in total. The average Bonchev–Trinajstić information content (AvgIpc) is 3.33. The van der Waals surface area contributed by atoms with E-state index in [0.717, 1.165) is 23.1 Å². The highest BCUT2D eigenvalue weighted by atomic mass is 35.5. The van der Waals surface area contributed by atoms with Crippen molar-refractivity contribution < 1.29 is 13.2 Å². The van der Waals surface area contributed by atoms with E-state index < -0.39 is 10.0 Å². The van der Waals surface area contributed by atoms with Gasteiger partial charge in [0.25, 0.3) is 5.91 Å². The van der Waals surface area contributed by atoms with Crippen LogP contribution in [0, 0.1) is 5.92 Å². The maximum absolute atomic E-state index is 13.7. The first-order chi connectivity index (χ1) is 17.3. The molecular formula is C26H25ClN4O3S2. The number of anilines is 1.